The van der Waals surface area contributed by atoms with E-state index in [1.54, 1.807) is 19.5 Å². The van der Waals surface area contributed by atoms with Crippen LogP contribution in [0.15, 0.2) is 47.9 Å². The Hall–Kier alpha value is -3.02. The molecule has 0 bridgehead atoms. The van der Waals surface area contributed by atoms with Crippen molar-refractivity contribution in [1.82, 2.24) is 24.7 Å². The zero-order chi connectivity index (χ0) is 22.3. The SMILES string of the molecule is CCOc1ccc2nc(NC(=O)CSc3nnc(-c4ccncc4)n3CCOC)sc2c1. The molecule has 0 unspecified atom stereocenters. The van der Waals surface area contributed by atoms with E-state index in [4.69, 9.17) is 9.47 Å². The Bertz CT molecular complexity index is 1190. The Kier molecular flexibility index (Phi) is 7.30. The zero-order valence-corrected chi connectivity index (χ0v) is 19.3. The van der Waals surface area contributed by atoms with E-state index < -0.39 is 0 Å². The van der Waals surface area contributed by atoms with Crippen LogP contribution in [0.3, 0.4) is 0 Å². The first-order valence-corrected chi connectivity index (χ1v) is 11.8. The van der Waals surface area contributed by atoms with Gasteiger partial charge in [-0.1, -0.05) is 23.1 Å². The standard InChI is InChI=1S/C21H22N6O3S2/c1-3-30-15-4-5-16-17(12-15)32-20(23-16)24-18(28)13-31-21-26-25-19(27(21)10-11-29-2)14-6-8-22-9-7-14/h4-9,12H,3,10-11,13H2,1-2H3,(H,23,24,28). The number of amides is 1. The number of hydrogen-bond acceptors (Lipinski definition) is 9. The van der Waals surface area contributed by atoms with Gasteiger partial charge in [-0.3, -0.25) is 14.3 Å². The Balaban J connectivity index is 1.43. The van der Waals surface area contributed by atoms with Crippen molar-refractivity contribution in [3.05, 3.63) is 42.7 Å². The molecule has 0 spiro atoms. The number of nitrogens with one attached hydrogen (secondary N) is 1. The lowest BCUT2D eigenvalue weighted by atomic mass is 10.2. The van der Waals surface area contributed by atoms with E-state index in [1.165, 1.54) is 23.1 Å². The number of carbonyl (C=O) groups is 1. The topological polar surface area (TPSA) is 104 Å². The van der Waals surface area contributed by atoms with Gasteiger partial charge in [0.05, 0.1) is 35.7 Å². The second kappa shape index (κ2) is 10.5. The third kappa shape index (κ3) is 5.23. The molecule has 0 radical (unpaired) electrons. The molecule has 3 heterocycles. The van der Waals surface area contributed by atoms with Gasteiger partial charge >= 0.3 is 0 Å². The minimum absolute atomic E-state index is 0.161. The van der Waals surface area contributed by atoms with Crippen molar-refractivity contribution in [2.75, 3.05) is 31.4 Å². The summed E-state index contributed by atoms with van der Waals surface area (Å²) in [6.45, 7) is 3.62. The molecule has 3 aromatic heterocycles. The van der Waals surface area contributed by atoms with E-state index in [0.717, 1.165) is 21.5 Å². The van der Waals surface area contributed by atoms with Crippen LogP contribution < -0.4 is 10.1 Å². The predicted octanol–water partition coefficient (Wildman–Crippen LogP) is 3.73. The number of pyridine rings is 1. The molecule has 0 saturated heterocycles. The van der Waals surface area contributed by atoms with Crippen LogP contribution in [0, 0.1) is 0 Å². The van der Waals surface area contributed by atoms with Crippen molar-refractivity contribution in [2.24, 2.45) is 0 Å². The van der Waals surface area contributed by atoms with Crippen molar-refractivity contribution in [2.45, 2.75) is 18.6 Å². The number of anilines is 1. The summed E-state index contributed by atoms with van der Waals surface area (Å²) in [6.07, 6.45) is 3.42. The maximum absolute atomic E-state index is 12.6. The van der Waals surface area contributed by atoms with E-state index in [1.807, 2.05) is 41.8 Å². The molecule has 0 aliphatic heterocycles. The monoisotopic (exact) mass is 470 g/mol. The number of rotatable bonds is 10. The van der Waals surface area contributed by atoms with E-state index in [9.17, 15) is 4.79 Å². The van der Waals surface area contributed by atoms with E-state index in [0.29, 0.717) is 35.9 Å². The Morgan fingerprint density at radius 1 is 1.22 bits per heavy atom. The molecule has 0 fully saturated rings. The summed E-state index contributed by atoms with van der Waals surface area (Å²) >= 11 is 2.73. The van der Waals surface area contributed by atoms with Gasteiger partial charge in [0.1, 0.15) is 5.75 Å². The summed E-state index contributed by atoms with van der Waals surface area (Å²) in [5, 5.41) is 12.7. The molecule has 0 atom stereocenters. The smallest absolute Gasteiger partial charge is 0.236 e. The molecular formula is C21H22N6O3S2. The van der Waals surface area contributed by atoms with Gasteiger partial charge < -0.3 is 14.8 Å². The number of aromatic nitrogens is 5. The van der Waals surface area contributed by atoms with Crippen LogP contribution >= 0.6 is 23.1 Å². The average Bonchev–Trinajstić information content (AvgIpc) is 3.40. The summed E-state index contributed by atoms with van der Waals surface area (Å²) < 4.78 is 13.7. The van der Waals surface area contributed by atoms with Crippen LogP contribution in [0.5, 0.6) is 5.75 Å². The van der Waals surface area contributed by atoms with Crippen LogP contribution in [0.1, 0.15) is 6.92 Å². The highest BCUT2D eigenvalue weighted by molar-refractivity contribution is 7.99. The molecule has 0 saturated carbocycles. The number of nitrogens with zero attached hydrogens (tertiary/aromatic N) is 5. The van der Waals surface area contributed by atoms with Gasteiger partial charge in [-0.25, -0.2) is 4.98 Å². The summed E-state index contributed by atoms with van der Waals surface area (Å²) in [5.41, 5.74) is 1.73. The van der Waals surface area contributed by atoms with E-state index in [2.05, 4.69) is 25.5 Å². The second-order valence-electron chi connectivity index (χ2n) is 6.60. The van der Waals surface area contributed by atoms with E-state index in [-0.39, 0.29) is 11.7 Å². The van der Waals surface area contributed by atoms with Crippen LogP contribution in [0.2, 0.25) is 0 Å². The van der Waals surface area contributed by atoms with E-state index >= 15 is 0 Å². The van der Waals surface area contributed by atoms with Crippen LogP contribution in [0.25, 0.3) is 21.6 Å². The molecule has 11 heteroatoms. The normalized spacial score (nSPS) is 11.1. The molecule has 1 aromatic carbocycles. The summed E-state index contributed by atoms with van der Waals surface area (Å²) in [7, 11) is 1.64. The number of fused-ring (bicyclic) bond motifs is 1. The number of benzene rings is 1. The molecule has 1 N–H and O–H groups in total. The number of thioether (sulfide) groups is 1. The first-order chi connectivity index (χ1) is 15.7. The fourth-order valence-corrected chi connectivity index (χ4v) is 4.67. The van der Waals surface area contributed by atoms with Crippen LogP contribution in [-0.4, -0.2) is 56.7 Å². The molecule has 1 amide bonds. The number of carbonyl (C=O) groups excluding carboxylic acids is 1. The number of methoxy groups -OCH3 is 1. The van der Waals surface area contributed by atoms with Gasteiger partial charge in [-0.15, -0.1) is 10.2 Å². The van der Waals surface area contributed by atoms with Crippen molar-refractivity contribution >= 4 is 44.4 Å². The fraction of sp³-hybridized carbons (Fsp3) is 0.286. The summed E-state index contributed by atoms with van der Waals surface area (Å²) in [6, 6.07) is 9.44. The quantitative estimate of drug-likeness (QED) is 0.350. The minimum Gasteiger partial charge on any atom is -0.494 e. The van der Waals surface area contributed by atoms with Crippen molar-refractivity contribution in [3.8, 4) is 17.1 Å². The number of hydrogen-bond donors (Lipinski definition) is 1. The highest BCUT2D eigenvalue weighted by Crippen LogP contribution is 2.30. The molecule has 0 aliphatic carbocycles. The third-order valence-corrected chi connectivity index (χ3v) is 6.32. The van der Waals surface area contributed by atoms with Gasteiger partial charge in [0.2, 0.25) is 5.91 Å². The van der Waals surface area contributed by atoms with Crippen LogP contribution in [0.4, 0.5) is 5.13 Å². The van der Waals surface area contributed by atoms with Crippen molar-refractivity contribution in [1.29, 1.82) is 0 Å². The van der Waals surface area contributed by atoms with Gasteiger partial charge in [0, 0.05) is 25.1 Å². The highest BCUT2D eigenvalue weighted by atomic mass is 32.2. The second-order valence-corrected chi connectivity index (χ2v) is 8.58. The number of ether oxygens (including phenoxy) is 2. The lowest BCUT2D eigenvalue weighted by Gasteiger charge is -2.09. The minimum atomic E-state index is -0.161. The van der Waals surface area contributed by atoms with Crippen molar-refractivity contribution in [3.63, 3.8) is 0 Å². The van der Waals surface area contributed by atoms with Gasteiger partial charge in [-0.2, -0.15) is 0 Å². The molecule has 166 valence electrons. The highest BCUT2D eigenvalue weighted by Gasteiger charge is 2.16. The molecule has 4 rings (SSSR count). The molecular weight excluding hydrogens is 448 g/mol. The lowest BCUT2D eigenvalue weighted by molar-refractivity contribution is -0.113. The maximum atomic E-state index is 12.6. The predicted molar refractivity (Wildman–Crippen MR) is 125 cm³/mol. The average molecular weight is 471 g/mol. The van der Waals surface area contributed by atoms with Gasteiger partial charge in [0.25, 0.3) is 0 Å². The fourth-order valence-electron chi connectivity index (χ4n) is 2.99. The lowest BCUT2D eigenvalue weighted by Crippen LogP contribution is -2.15. The molecule has 0 aliphatic rings. The van der Waals surface area contributed by atoms with Gasteiger partial charge in [0.15, 0.2) is 16.1 Å². The summed E-state index contributed by atoms with van der Waals surface area (Å²) in [5.74, 6) is 1.52. The zero-order valence-electron chi connectivity index (χ0n) is 17.6. The molecule has 32 heavy (non-hydrogen) atoms. The largest absolute Gasteiger partial charge is 0.494 e. The first kappa shape index (κ1) is 22.2. The number of thiazole rings is 1. The Morgan fingerprint density at radius 3 is 2.84 bits per heavy atom. The molecule has 9 nitrogen and oxygen atoms in total. The van der Waals surface area contributed by atoms with Gasteiger partial charge in [-0.05, 0) is 37.3 Å². The van der Waals surface area contributed by atoms with Crippen molar-refractivity contribution < 1.29 is 14.3 Å². The maximum Gasteiger partial charge on any atom is 0.236 e. The third-order valence-electron chi connectivity index (χ3n) is 4.42. The first-order valence-electron chi connectivity index (χ1n) is 9.96. The Labute approximate surface area is 193 Å². The Morgan fingerprint density at radius 2 is 2.06 bits per heavy atom. The summed E-state index contributed by atoms with van der Waals surface area (Å²) in [4.78, 5) is 21.1. The van der Waals surface area contributed by atoms with Crippen LogP contribution in [-0.2, 0) is 16.1 Å². The molecule has 4 aromatic rings.